The largest absolute Gasteiger partial charge is 0.493 e. The minimum Gasteiger partial charge on any atom is -0.493 e. The number of nitrogens with one attached hydrogen (secondary N) is 1. The molecule has 1 heterocycles. The Morgan fingerprint density at radius 1 is 1.13 bits per heavy atom. The Morgan fingerprint density at radius 3 is 2.39 bits per heavy atom. The summed E-state index contributed by atoms with van der Waals surface area (Å²) in [4.78, 5) is 16.8. The van der Waals surface area contributed by atoms with Crippen LogP contribution < -0.4 is 14.8 Å². The summed E-state index contributed by atoms with van der Waals surface area (Å²) in [6, 6.07) is 7.12. The minimum absolute atomic E-state index is 0.0345. The van der Waals surface area contributed by atoms with E-state index < -0.39 is 6.10 Å². The second kappa shape index (κ2) is 11.1. The molecule has 0 saturated carbocycles. The summed E-state index contributed by atoms with van der Waals surface area (Å²) in [5, 5.41) is 13.2. The summed E-state index contributed by atoms with van der Waals surface area (Å²) in [6.45, 7) is 7.02. The number of rotatable bonds is 9. The lowest BCUT2D eigenvalue weighted by Crippen LogP contribution is -2.50. The normalized spacial score (nSPS) is 17.4. The molecular weight excluding hydrogens is 394 g/mol. The van der Waals surface area contributed by atoms with Crippen molar-refractivity contribution >= 4 is 11.6 Å². The number of para-hydroxylation sites is 3. The lowest BCUT2D eigenvalue weighted by Gasteiger charge is -2.35. The van der Waals surface area contributed by atoms with Gasteiger partial charge >= 0.3 is 0 Å². The lowest BCUT2D eigenvalue weighted by molar-refractivity contribution is -0.117. The molecule has 1 saturated heterocycles. The molecule has 2 N–H and O–H groups in total. The van der Waals surface area contributed by atoms with Crippen molar-refractivity contribution in [2.45, 2.75) is 20.0 Å². The summed E-state index contributed by atoms with van der Waals surface area (Å²) in [5.41, 5.74) is 1.45. The third-order valence-electron chi connectivity index (χ3n) is 5.32. The molecule has 0 radical (unpaired) electrons. The quantitative estimate of drug-likeness (QED) is 0.636. The second-order valence-corrected chi connectivity index (χ2v) is 7.74. The van der Waals surface area contributed by atoms with Crippen LogP contribution in [0.5, 0.6) is 11.5 Å². The zero-order valence-electron chi connectivity index (χ0n) is 21.4. The van der Waals surface area contributed by atoms with Crippen LogP contribution >= 0.6 is 0 Å². The molecule has 2 aromatic carbocycles. The number of aliphatic hydroxyl groups is 1. The van der Waals surface area contributed by atoms with E-state index in [2.05, 4.69) is 10.2 Å². The topological polar surface area (TPSA) is 74.3 Å². The molecule has 1 unspecified atom stereocenters. The predicted molar refractivity (Wildman–Crippen MR) is 122 cm³/mol. The Hall–Kier alpha value is -2.61. The summed E-state index contributed by atoms with van der Waals surface area (Å²) in [6.07, 6.45) is -0.649. The molecule has 0 aliphatic carbocycles. The van der Waals surface area contributed by atoms with E-state index in [1.807, 2.05) is 23.1 Å². The average Bonchev–Trinajstić information content (AvgIpc) is 2.84. The molecule has 2 aromatic rings. The van der Waals surface area contributed by atoms with Gasteiger partial charge < -0.3 is 19.9 Å². The van der Waals surface area contributed by atoms with Crippen molar-refractivity contribution in [2.75, 3.05) is 58.3 Å². The molecule has 7 nitrogen and oxygen atoms in total. The summed E-state index contributed by atoms with van der Waals surface area (Å²) in [5.74, 6) is 1.01. The van der Waals surface area contributed by atoms with E-state index in [9.17, 15) is 9.90 Å². The highest BCUT2D eigenvalue weighted by atomic mass is 16.5. The zero-order chi connectivity index (χ0) is 24.8. The van der Waals surface area contributed by atoms with Gasteiger partial charge in [-0.25, -0.2) is 0 Å². The van der Waals surface area contributed by atoms with Gasteiger partial charge in [-0.1, -0.05) is 30.3 Å². The van der Waals surface area contributed by atoms with Crippen LogP contribution in [0.3, 0.4) is 0 Å². The fourth-order valence-corrected chi connectivity index (χ4v) is 3.60. The average molecular weight is 431 g/mol. The Labute approximate surface area is 188 Å². The monoisotopic (exact) mass is 430 g/mol. The van der Waals surface area contributed by atoms with Crippen molar-refractivity contribution < 1.29 is 23.5 Å². The number of piperazine rings is 1. The molecule has 0 spiro atoms. The Morgan fingerprint density at radius 2 is 1.74 bits per heavy atom. The number of ether oxygens (including phenoxy) is 2. The van der Waals surface area contributed by atoms with Gasteiger partial charge in [-0.15, -0.1) is 0 Å². The van der Waals surface area contributed by atoms with Crippen molar-refractivity contribution in [3.8, 4) is 11.5 Å². The second-order valence-electron chi connectivity index (χ2n) is 7.74. The fourth-order valence-electron chi connectivity index (χ4n) is 3.60. The number of hydrogen-bond donors (Lipinski definition) is 2. The number of anilines is 1. The number of nitrogens with zero attached hydrogens (tertiary/aromatic N) is 2. The molecule has 1 aliphatic rings. The van der Waals surface area contributed by atoms with Crippen LogP contribution in [0.25, 0.3) is 0 Å². The number of carbonyl (C=O) groups is 1. The van der Waals surface area contributed by atoms with E-state index in [-0.39, 0.29) is 37.2 Å². The molecule has 7 heteroatoms. The molecule has 0 aromatic heterocycles. The number of β-amino-alcohol motifs (C(OH)–C–C–N with tert-alkyl or cyclic N) is 1. The van der Waals surface area contributed by atoms with Gasteiger partial charge in [0.25, 0.3) is 0 Å². The van der Waals surface area contributed by atoms with Crippen molar-refractivity contribution in [1.82, 2.24) is 9.80 Å². The van der Waals surface area contributed by atoms with E-state index >= 15 is 0 Å². The predicted octanol–water partition coefficient (Wildman–Crippen LogP) is 2.31. The molecule has 31 heavy (non-hydrogen) atoms. The number of benzene rings is 2. The molecule has 1 amide bonds. The van der Waals surface area contributed by atoms with E-state index in [4.69, 9.17) is 13.6 Å². The van der Waals surface area contributed by atoms with E-state index in [0.29, 0.717) is 47.9 Å². The maximum absolute atomic E-state index is 12.6. The molecule has 1 aliphatic heterocycles. The number of amides is 1. The summed E-state index contributed by atoms with van der Waals surface area (Å²) in [7, 11) is 1.58. The SMILES string of the molecule is [2H]c1c([2H])c(C)c(NC(=O)CN2CCN(CC(O)COc3ccccc3OC)CC2)c(C)c1[2H]. The minimum atomic E-state index is -0.649. The maximum atomic E-state index is 12.6. The van der Waals surface area contributed by atoms with E-state index in [1.54, 1.807) is 27.0 Å². The first kappa shape index (κ1) is 19.1. The van der Waals surface area contributed by atoms with E-state index in [0.717, 1.165) is 13.1 Å². The number of aliphatic hydroxyl groups excluding tert-OH is 1. The van der Waals surface area contributed by atoms with E-state index in [1.165, 1.54) is 0 Å². The first-order chi connectivity index (χ1) is 16.2. The van der Waals surface area contributed by atoms with Gasteiger partial charge in [-0.2, -0.15) is 0 Å². The van der Waals surface area contributed by atoms with Crippen LogP contribution in [-0.4, -0.2) is 79.9 Å². The van der Waals surface area contributed by atoms with Crippen LogP contribution in [0.15, 0.2) is 42.4 Å². The van der Waals surface area contributed by atoms with Crippen molar-refractivity contribution in [2.24, 2.45) is 0 Å². The van der Waals surface area contributed by atoms with Crippen LogP contribution in [0.2, 0.25) is 0 Å². The third-order valence-corrected chi connectivity index (χ3v) is 5.32. The Kier molecular flexibility index (Phi) is 6.86. The van der Waals surface area contributed by atoms with Crippen molar-refractivity contribution in [3.63, 3.8) is 0 Å². The molecule has 0 bridgehead atoms. The van der Waals surface area contributed by atoms with Crippen LogP contribution in [0.1, 0.15) is 15.2 Å². The van der Waals surface area contributed by atoms with Gasteiger partial charge in [0.2, 0.25) is 5.91 Å². The lowest BCUT2D eigenvalue weighted by atomic mass is 10.1. The maximum Gasteiger partial charge on any atom is 0.238 e. The number of hydrogen-bond acceptors (Lipinski definition) is 6. The molecule has 1 atom stereocenters. The van der Waals surface area contributed by atoms with Crippen molar-refractivity contribution in [1.29, 1.82) is 0 Å². The highest BCUT2D eigenvalue weighted by molar-refractivity contribution is 5.93. The standard InChI is InChI=1S/C24H33N3O4/c1-18-7-6-8-19(2)24(18)25-23(29)16-27-13-11-26(12-14-27)15-20(28)17-31-22-10-5-4-9-21(22)30-3/h4-10,20,28H,11-17H2,1-3H3,(H,25,29)/i6D,7D,8D. The number of carbonyl (C=O) groups excluding carboxylic acids is 1. The van der Waals surface area contributed by atoms with Gasteiger partial charge in [-0.05, 0) is 37.1 Å². The first-order valence-electron chi connectivity index (χ1n) is 12.0. The summed E-state index contributed by atoms with van der Waals surface area (Å²) < 4.78 is 34.8. The fraction of sp³-hybridized carbons (Fsp3) is 0.458. The zero-order valence-corrected chi connectivity index (χ0v) is 18.4. The van der Waals surface area contributed by atoms with Crippen LogP contribution in [0, 0.1) is 13.8 Å². The molecular formula is C24H33N3O4. The number of methoxy groups -OCH3 is 1. The van der Waals surface area contributed by atoms with Gasteiger partial charge in [0, 0.05) is 38.4 Å². The van der Waals surface area contributed by atoms with Gasteiger partial charge in [-0.3, -0.25) is 14.6 Å². The highest BCUT2D eigenvalue weighted by Crippen LogP contribution is 2.25. The molecule has 168 valence electrons. The highest BCUT2D eigenvalue weighted by Gasteiger charge is 2.21. The third kappa shape index (κ3) is 6.69. The van der Waals surface area contributed by atoms with Gasteiger partial charge in [0.1, 0.15) is 12.7 Å². The molecule has 1 fully saturated rings. The van der Waals surface area contributed by atoms with Crippen LogP contribution in [-0.2, 0) is 4.79 Å². The summed E-state index contributed by atoms with van der Waals surface area (Å²) >= 11 is 0. The van der Waals surface area contributed by atoms with Crippen molar-refractivity contribution in [3.05, 3.63) is 53.5 Å². The van der Waals surface area contributed by atoms with Gasteiger partial charge in [0.15, 0.2) is 11.5 Å². The Bertz CT molecular complexity index is 984. The first-order valence-corrected chi connectivity index (χ1v) is 10.5. The van der Waals surface area contributed by atoms with Crippen LogP contribution in [0.4, 0.5) is 5.69 Å². The Balaban J connectivity index is 1.44. The van der Waals surface area contributed by atoms with Gasteiger partial charge in [0.05, 0.1) is 17.8 Å². The smallest absolute Gasteiger partial charge is 0.238 e. The molecule has 3 rings (SSSR count).